The van der Waals surface area contributed by atoms with Gasteiger partial charge in [-0.05, 0) is 68.3 Å². The zero-order valence-electron chi connectivity index (χ0n) is 25.9. The lowest BCUT2D eigenvalue weighted by molar-refractivity contribution is -0.192. The Morgan fingerprint density at radius 3 is 2.42 bits per heavy atom. The third kappa shape index (κ3) is 8.58. The Balaban J connectivity index is 0.000000582. The fourth-order valence-corrected chi connectivity index (χ4v) is 4.85. The van der Waals surface area contributed by atoms with Crippen molar-refractivity contribution in [2.45, 2.75) is 38.5 Å². The summed E-state index contributed by atoms with van der Waals surface area (Å²) in [6.07, 6.45) is -1.22. The number of benzene rings is 2. The highest BCUT2D eigenvalue weighted by molar-refractivity contribution is 6.03. The van der Waals surface area contributed by atoms with Crippen molar-refractivity contribution >= 4 is 34.5 Å². The monoisotopic (exact) mass is 667 g/mol. The predicted octanol–water partition coefficient (Wildman–Crippen LogP) is 5.63. The summed E-state index contributed by atoms with van der Waals surface area (Å²) in [5, 5.41) is 26.5. The van der Waals surface area contributed by atoms with Crippen molar-refractivity contribution in [1.29, 1.82) is 0 Å². The van der Waals surface area contributed by atoms with Crippen LogP contribution in [0.5, 0.6) is 17.2 Å². The van der Waals surface area contributed by atoms with E-state index in [1.54, 1.807) is 50.6 Å². The first-order valence-electron chi connectivity index (χ1n) is 14.8. The second-order valence-electron chi connectivity index (χ2n) is 10.8. The van der Waals surface area contributed by atoms with Crippen LogP contribution in [-0.2, 0) is 11.3 Å². The molecule has 1 saturated heterocycles. The lowest BCUT2D eigenvalue weighted by atomic mass is 10.1. The van der Waals surface area contributed by atoms with Crippen LogP contribution in [-0.4, -0.2) is 69.3 Å². The maximum Gasteiger partial charge on any atom is 0.490 e. The molecule has 16 heteroatoms. The first-order valence-corrected chi connectivity index (χ1v) is 14.8. The van der Waals surface area contributed by atoms with Gasteiger partial charge in [0.2, 0.25) is 0 Å². The van der Waals surface area contributed by atoms with Crippen molar-refractivity contribution in [1.82, 2.24) is 25.2 Å². The number of aliphatic carboxylic acids is 1. The van der Waals surface area contributed by atoms with E-state index in [1.807, 2.05) is 35.0 Å². The second kappa shape index (κ2) is 14.8. The number of methoxy groups -OCH3 is 1. The number of carbonyl (C=O) groups excluding carboxylic acids is 1. The van der Waals surface area contributed by atoms with E-state index in [1.165, 1.54) is 0 Å². The van der Waals surface area contributed by atoms with E-state index in [4.69, 9.17) is 29.0 Å². The van der Waals surface area contributed by atoms with E-state index < -0.39 is 12.1 Å². The Kier molecular flexibility index (Phi) is 10.4. The largest absolute Gasteiger partial charge is 0.497 e. The molecule has 2 aromatic carbocycles. The van der Waals surface area contributed by atoms with Crippen LogP contribution in [0, 0.1) is 6.92 Å². The zero-order chi connectivity index (χ0) is 34.3. The van der Waals surface area contributed by atoms with E-state index in [0.717, 1.165) is 48.4 Å². The summed E-state index contributed by atoms with van der Waals surface area (Å²) in [5.74, 6) is 0.676. The predicted molar refractivity (Wildman–Crippen MR) is 169 cm³/mol. The molecular weight excluding hydrogens is 635 g/mol. The highest BCUT2D eigenvalue weighted by Gasteiger charge is 2.38. The van der Waals surface area contributed by atoms with Crippen LogP contribution in [0.2, 0.25) is 0 Å². The van der Waals surface area contributed by atoms with Crippen LogP contribution >= 0.6 is 0 Å². The van der Waals surface area contributed by atoms with Crippen LogP contribution in [0.4, 0.5) is 24.8 Å². The maximum atomic E-state index is 12.6. The number of carboxylic acids is 1. The van der Waals surface area contributed by atoms with E-state index in [-0.39, 0.29) is 11.9 Å². The van der Waals surface area contributed by atoms with Gasteiger partial charge in [-0.2, -0.15) is 18.3 Å². The molecule has 252 valence electrons. The van der Waals surface area contributed by atoms with Gasteiger partial charge < -0.3 is 35.1 Å². The molecule has 1 atom stereocenters. The fraction of sp³-hybridized carbons (Fsp3) is 0.281. The molecule has 4 N–H and O–H groups in total. The van der Waals surface area contributed by atoms with Gasteiger partial charge in [-0.25, -0.2) is 14.5 Å². The lowest BCUT2D eigenvalue weighted by Crippen LogP contribution is -2.38. The molecule has 0 radical (unpaired) electrons. The van der Waals surface area contributed by atoms with Crippen molar-refractivity contribution in [3.63, 3.8) is 0 Å². The number of fused-ring (bicyclic) bond motifs is 1. The Morgan fingerprint density at radius 2 is 1.81 bits per heavy atom. The van der Waals surface area contributed by atoms with E-state index in [9.17, 15) is 18.0 Å². The van der Waals surface area contributed by atoms with Crippen LogP contribution in [0.1, 0.15) is 34.5 Å². The van der Waals surface area contributed by atoms with Crippen molar-refractivity contribution in [3.8, 4) is 17.2 Å². The summed E-state index contributed by atoms with van der Waals surface area (Å²) in [5.41, 5.74) is 2.25. The number of hydrogen-bond acceptors (Lipinski definition) is 10. The lowest BCUT2D eigenvalue weighted by Gasteiger charge is -2.23. The van der Waals surface area contributed by atoms with Gasteiger partial charge in [0.15, 0.2) is 17.3 Å². The first kappa shape index (κ1) is 33.7. The maximum absolute atomic E-state index is 12.6. The minimum Gasteiger partial charge on any atom is -0.497 e. The van der Waals surface area contributed by atoms with Crippen molar-refractivity contribution < 1.29 is 41.9 Å². The minimum absolute atomic E-state index is 0.246. The summed E-state index contributed by atoms with van der Waals surface area (Å²) in [6.45, 7) is 4.19. The van der Waals surface area contributed by atoms with Gasteiger partial charge >= 0.3 is 12.1 Å². The Bertz CT molecular complexity index is 1850. The standard InChI is InChI=1S/C30H31N7O4.C2HF3O2/c1-19-16-26(36-41-19)34-30(38)21-7-11-24(12-8-21)40-25-13-15-32-29-27(25)28(33-22-4-3-14-31-17-22)35-37(29)18-20-5-9-23(39-2)10-6-20;3-2(4,5)1(6)7/h5-13,15-16,22,31H,3-4,14,17-18H2,1-2H3,(H,33,35)(H,34,36,38);(H,6,7)/t22-;/m1./s1. The summed E-state index contributed by atoms with van der Waals surface area (Å²) < 4.78 is 50.3. The van der Waals surface area contributed by atoms with Gasteiger partial charge in [0.1, 0.15) is 28.4 Å². The summed E-state index contributed by atoms with van der Waals surface area (Å²) in [4.78, 5) is 26.2. The van der Waals surface area contributed by atoms with Gasteiger partial charge in [0.05, 0.1) is 13.7 Å². The first-order chi connectivity index (χ1) is 23.0. The molecule has 0 saturated carbocycles. The van der Waals surface area contributed by atoms with Gasteiger partial charge in [0, 0.05) is 36.5 Å². The van der Waals surface area contributed by atoms with E-state index in [0.29, 0.717) is 40.8 Å². The van der Waals surface area contributed by atoms with Crippen LogP contribution in [0.3, 0.4) is 0 Å². The third-order valence-electron chi connectivity index (χ3n) is 7.18. The molecule has 0 spiro atoms. The fourth-order valence-electron chi connectivity index (χ4n) is 4.85. The SMILES string of the molecule is COc1ccc(Cn2nc(N[C@@H]3CCCNC3)c3c(Oc4ccc(C(=O)Nc5cc(C)on5)cc4)ccnc32)cc1.O=C(O)C(F)(F)F. The number of rotatable bonds is 9. The molecule has 0 unspecified atom stereocenters. The normalized spacial score (nSPS) is 14.5. The molecule has 3 aromatic heterocycles. The van der Waals surface area contributed by atoms with Gasteiger partial charge in [-0.3, -0.25) is 4.79 Å². The number of nitrogens with zero attached hydrogens (tertiary/aromatic N) is 4. The number of anilines is 2. The summed E-state index contributed by atoms with van der Waals surface area (Å²) >= 11 is 0. The molecule has 4 heterocycles. The smallest absolute Gasteiger partial charge is 0.490 e. The molecule has 6 rings (SSSR count). The number of carbonyl (C=O) groups is 2. The quantitative estimate of drug-likeness (QED) is 0.154. The Labute approximate surface area is 272 Å². The number of aryl methyl sites for hydroxylation is 1. The van der Waals surface area contributed by atoms with E-state index >= 15 is 0 Å². The number of aromatic nitrogens is 4. The number of carboxylic acid groups (broad SMARTS) is 1. The molecule has 0 aliphatic carbocycles. The Morgan fingerprint density at radius 1 is 1.10 bits per heavy atom. The van der Waals surface area contributed by atoms with Gasteiger partial charge in [-0.1, -0.05) is 17.3 Å². The van der Waals surface area contributed by atoms with Crippen molar-refractivity contribution in [2.24, 2.45) is 0 Å². The number of alkyl halides is 3. The summed E-state index contributed by atoms with van der Waals surface area (Å²) in [6, 6.07) is 18.6. The number of hydrogen-bond donors (Lipinski definition) is 4. The van der Waals surface area contributed by atoms with Crippen LogP contribution < -0.4 is 25.4 Å². The molecular formula is C32H32F3N7O6. The average Bonchev–Trinajstić information content (AvgIpc) is 3.64. The molecule has 5 aromatic rings. The van der Waals surface area contributed by atoms with Crippen molar-refractivity contribution in [2.75, 3.05) is 30.8 Å². The number of piperidine rings is 1. The zero-order valence-corrected chi connectivity index (χ0v) is 25.9. The molecule has 1 fully saturated rings. The molecule has 1 aliphatic heterocycles. The number of nitrogens with one attached hydrogen (secondary N) is 3. The minimum atomic E-state index is -5.08. The number of ether oxygens (including phenoxy) is 2. The second-order valence-corrected chi connectivity index (χ2v) is 10.8. The molecule has 1 amide bonds. The topological polar surface area (TPSA) is 166 Å². The van der Waals surface area contributed by atoms with Crippen LogP contribution in [0.25, 0.3) is 11.0 Å². The number of pyridine rings is 1. The highest BCUT2D eigenvalue weighted by Crippen LogP contribution is 2.35. The molecule has 1 aliphatic rings. The van der Waals surface area contributed by atoms with Crippen LogP contribution in [0.15, 0.2) is 71.4 Å². The van der Waals surface area contributed by atoms with Gasteiger partial charge in [0.25, 0.3) is 5.91 Å². The van der Waals surface area contributed by atoms with Gasteiger partial charge in [-0.15, -0.1) is 0 Å². The number of amides is 1. The average molecular weight is 668 g/mol. The summed E-state index contributed by atoms with van der Waals surface area (Å²) in [7, 11) is 1.65. The number of halogens is 3. The van der Waals surface area contributed by atoms with E-state index in [2.05, 4.69) is 26.1 Å². The molecule has 48 heavy (non-hydrogen) atoms. The molecule has 0 bridgehead atoms. The molecule has 13 nitrogen and oxygen atoms in total. The van der Waals surface area contributed by atoms with Crippen molar-refractivity contribution in [3.05, 3.63) is 83.7 Å². The highest BCUT2D eigenvalue weighted by atomic mass is 19.4. The third-order valence-corrected chi connectivity index (χ3v) is 7.18. The Hall–Kier alpha value is -5.64.